The molecule has 0 spiro atoms. The van der Waals surface area contributed by atoms with Crippen LogP contribution in [0.25, 0.3) is 0 Å². The van der Waals surface area contributed by atoms with Crippen molar-refractivity contribution in [3.63, 3.8) is 0 Å². The molecule has 2 rings (SSSR count). The zero-order valence-electron chi connectivity index (χ0n) is 12.7. The first-order valence-corrected chi connectivity index (χ1v) is 8.01. The molecule has 1 saturated carbocycles. The van der Waals surface area contributed by atoms with Crippen LogP contribution in [0.15, 0.2) is 18.2 Å². The molecule has 0 radical (unpaired) electrons. The van der Waals surface area contributed by atoms with Gasteiger partial charge in [-0.1, -0.05) is 30.9 Å². The van der Waals surface area contributed by atoms with Gasteiger partial charge in [-0.2, -0.15) is 0 Å². The summed E-state index contributed by atoms with van der Waals surface area (Å²) < 4.78 is 10.7. The fourth-order valence-corrected chi connectivity index (χ4v) is 3.12. The van der Waals surface area contributed by atoms with Gasteiger partial charge in [-0.05, 0) is 49.4 Å². The molecule has 1 unspecified atom stereocenters. The number of carbonyl (C=O) groups excluding carboxylic acids is 1. The van der Waals surface area contributed by atoms with Crippen LogP contribution in [-0.2, 0) is 9.53 Å². The number of rotatable bonds is 5. The normalized spacial score (nSPS) is 17.3. The SMILES string of the molecule is COC(=O)CC(C)Oc1ccc(Cl)cc1C1CCCCC1. The quantitative estimate of drug-likeness (QED) is 0.738. The predicted octanol–water partition coefficient (Wildman–Crippen LogP) is 4.72. The standard InChI is InChI=1S/C17H23ClO3/c1-12(10-17(19)20-2)21-16-9-8-14(18)11-15(16)13-6-4-3-5-7-13/h8-9,11-13H,3-7,10H2,1-2H3. The van der Waals surface area contributed by atoms with Crippen LogP contribution in [0.3, 0.4) is 0 Å². The Morgan fingerprint density at radius 2 is 2.05 bits per heavy atom. The number of halogens is 1. The zero-order chi connectivity index (χ0) is 15.2. The van der Waals surface area contributed by atoms with Crippen molar-refractivity contribution < 1.29 is 14.3 Å². The number of hydrogen-bond acceptors (Lipinski definition) is 3. The lowest BCUT2D eigenvalue weighted by molar-refractivity contribution is -0.142. The van der Waals surface area contributed by atoms with Crippen LogP contribution >= 0.6 is 11.6 Å². The molecule has 3 nitrogen and oxygen atoms in total. The van der Waals surface area contributed by atoms with Crippen molar-refractivity contribution in [1.29, 1.82) is 0 Å². The minimum absolute atomic E-state index is 0.207. The fourth-order valence-electron chi connectivity index (χ4n) is 2.94. The van der Waals surface area contributed by atoms with Crippen molar-refractivity contribution in [2.45, 2.75) is 57.5 Å². The molecule has 0 aliphatic heterocycles. The number of methoxy groups -OCH3 is 1. The van der Waals surface area contributed by atoms with E-state index < -0.39 is 0 Å². The summed E-state index contributed by atoms with van der Waals surface area (Å²) in [5.41, 5.74) is 1.18. The van der Waals surface area contributed by atoms with Crippen molar-refractivity contribution in [1.82, 2.24) is 0 Å². The highest BCUT2D eigenvalue weighted by molar-refractivity contribution is 6.30. The first-order valence-electron chi connectivity index (χ1n) is 7.63. The Bertz CT molecular complexity index is 481. The van der Waals surface area contributed by atoms with E-state index >= 15 is 0 Å². The number of hydrogen-bond donors (Lipinski definition) is 0. The van der Waals surface area contributed by atoms with Gasteiger partial charge in [0.05, 0.1) is 13.5 Å². The Morgan fingerprint density at radius 1 is 1.33 bits per heavy atom. The second-order valence-electron chi connectivity index (χ2n) is 5.73. The van der Waals surface area contributed by atoms with Crippen LogP contribution in [0.5, 0.6) is 5.75 Å². The molecular weight excluding hydrogens is 288 g/mol. The molecule has 0 saturated heterocycles. The van der Waals surface area contributed by atoms with Crippen LogP contribution in [-0.4, -0.2) is 19.2 Å². The maximum Gasteiger partial charge on any atom is 0.309 e. The van der Waals surface area contributed by atoms with Crippen LogP contribution < -0.4 is 4.74 Å². The monoisotopic (exact) mass is 310 g/mol. The van der Waals surface area contributed by atoms with Gasteiger partial charge < -0.3 is 9.47 Å². The van der Waals surface area contributed by atoms with Gasteiger partial charge in [0.2, 0.25) is 0 Å². The maximum absolute atomic E-state index is 11.3. The molecule has 116 valence electrons. The lowest BCUT2D eigenvalue weighted by atomic mass is 9.83. The molecule has 0 bridgehead atoms. The smallest absolute Gasteiger partial charge is 0.309 e. The Morgan fingerprint density at radius 3 is 2.71 bits per heavy atom. The van der Waals surface area contributed by atoms with E-state index in [0.29, 0.717) is 5.92 Å². The highest BCUT2D eigenvalue weighted by Gasteiger charge is 2.21. The number of ether oxygens (including phenoxy) is 2. The van der Waals surface area contributed by atoms with E-state index in [9.17, 15) is 4.79 Å². The minimum atomic E-state index is -0.254. The summed E-state index contributed by atoms with van der Waals surface area (Å²) in [6, 6.07) is 5.77. The molecule has 1 aliphatic carbocycles. The minimum Gasteiger partial charge on any atom is -0.490 e. The summed E-state index contributed by atoms with van der Waals surface area (Å²) in [7, 11) is 1.39. The molecule has 0 N–H and O–H groups in total. The van der Waals surface area contributed by atoms with Crippen LogP contribution in [0.1, 0.15) is 56.9 Å². The van der Waals surface area contributed by atoms with E-state index in [4.69, 9.17) is 16.3 Å². The van der Waals surface area contributed by atoms with Gasteiger partial charge in [0.1, 0.15) is 11.9 Å². The van der Waals surface area contributed by atoms with E-state index in [-0.39, 0.29) is 18.5 Å². The third-order valence-electron chi connectivity index (χ3n) is 4.03. The van der Waals surface area contributed by atoms with Crippen molar-refractivity contribution in [2.75, 3.05) is 7.11 Å². The second-order valence-corrected chi connectivity index (χ2v) is 6.16. The molecule has 1 aromatic rings. The molecule has 1 aromatic carbocycles. The molecule has 1 aliphatic rings. The van der Waals surface area contributed by atoms with Gasteiger partial charge in [0.25, 0.3) is 0 Å². The first kappa shape index (κ1) is 16.2. The summed E-state index contributed by atoms with van der Waals surface area (Å²) in [6.07, 6.45) is 6.24. The zero-order valence-corrected chi connectivity index (χ0v) is 13.5. The average molecular weight is 311 g/mol. The van der Waals surface area contributed by atoms with Crippen molar-refractivity contribution >= 4 is 17.6 Å². The van der Waals surface area contributed by atoms with Gasteiger partial charge >= 0.3 is 5.97 Å². The summed E-state index contributed by atoms with van der Waals surface area (Å²) >= 11 is 6.15. The van der Waals surface area contributed by atoms with E-state index in [1.165, 1.54) is 44.8 Å². The average Bonchev–Trinajstić information content (AvgIpc) is 2.49. The Hall–Kier alpha value is -1.22. The van der Waals surface area contributed by atoms with Gasteiger partial charge in [-0.15, -0.1) is 0 Å². The summed E-state index contributed by atoms with van der Waals surface area (Å²) in [5, 5.41) is 0.739. The van der Waals surface area contributed by atoms with E-state index in [2.05, 4.69) is 4.74 Å². The van der Waals surface area contributed by atoms with Gasteiger partial charge in [0.15, 0.2) is 0 Å². The topological polar surface area (TPSA) is 35.5 Å². The Labute approximate surface area is 131 Å². The van der Waals surface area contributed by atoms with Crippen LogP contribution in [0.2, 0.25) is 5.02 Å². The van der Waals surface area contributed by atoms with Gasteiger partial charge in [-0.25, -0.2) is 0 Å². The number of carbonyl (C=O) groups is 1. The fraction of sp³-hybridized carbons (Fsp3) is 0.588. The summed E-state index contributed by atoms with van der Waals surface area (Å²) in [5.74, 6) is 1.11. The maximum atomic E-state index is 11.3. The van der Waals surface area contributed by atoms with Crippen LogP contribution in [0, 0.1) is 0 Å². The van der Waals surface area contributed by atoms with E-state index in [1.807, 2.05) is 25.1 Å². The van der Waals surface area contributed by atoms with Crippen molar-refractivity contribution in [2.24, 2.45) is 0 Å². The van der Waals surface area contributed by atoms with E-state index in [0.717, 1.165) is 10.8 Å². The van der Waals surface area contributed by atoms with Crippen molar-refractivity contribution in [3.05, 3.63) is 28.8 Å². The summed E-state index contributed by atoms with van der Waals surface area (Å²) in [4.78, 5) is 11.3. The predicted molar refractivity (Wildman–Crippen MR) is 84.0 cm³/mol. The Kier molecular flexibility index (Phi) is 5.92. The first-order chi connectivity index (χ1) is 10.1. The van der Waals surface area contributed by atoms with Gasteiger partial charge in [-0.3, -0.25) is 4.79 Å². The molecule has 0 heterocycles. The molecule has 21 heavy (non-hydrogen) atoms. The van der Waals surface area contributed by atoms with Crippen LogP contribution in [0.4, 0.5) is 0 Å². The molecule has 1 fully saturated rings. The highest BCUT2D eigenvalue weighted by Crippen LogP contribution is 2.39. The van der Waals surface area contributed by atoms with E-state index in [1.54, 1.807) is 0 Å². The molecule has 1 atom stereocenters. The molecule has 0 amide bonds. The molecule has 4 heteroatoms. The lowest BCUT2D eigenvalue weighted by Gasteiger charge is -2.25. The summed E-state index contributed by atoms with van der Waals surface area (Å²) in [6.45, 7) is 1.89. The third kappa shape index (κ3) is 4.63. The largest absolute Gasteiger partial charge is 0.490 e. The highest BCUT2D eigenvalue weighted by atomic mass is 35.5. The van der Waals surface area contributed by atoms with Gasteiger partial charge in [0, 0.05) is 5.02 Å². The molecular formula is C17H23ClO3. The molecule has 0 aromatic heterocycles. The lowest BCUT2D eigenvalue weighted by Crippen LogP contribution is -2.19. The second kappa shape index (κ2) is 7.69. The number of benzene rings is 1. The van der Waals surface area contributed by atoms with Crippen molar-refractivity contribution in [3.8, 4) is 5.75 Å². The third-order valence-corrected chi connectivity index (χ3v) is 4.26. The number of esters is 1. The Balaban J connectivity index is 2.12.